The summed E-state index contributed by atoms with van der Waals surface area (Å²) in [6.07, 6.45) is 2.77. The SMILES string of the molecule is COc1cc(F)c(-n2cc(C3CC(N)C3)nc2NC(=O)c2ccc(OC(F)F)cc2)c(F)c1. The molecule has 2 aromatic carbocycles. The average Bonchev–Trinajstić information content (AvgIpc) is 3.13. The van der Waals surface area contributed by atoms with Gasteiger partial charge in [-0.3, -0.25) is 14.7 Å². The molecule has 0 unspecified atom stereocenters. The van der Waals surface area contributed by atoms with Crippen LogP contribution in [0.2, 0.25) is 0 Å². The van der Waals surface area contributed by atoms with Crippen LogP contribution in [0.1, 0.15) is 34.8 Å². The minimum absolute atomic E-state index is 0.00394. The van der Waals surface area contributed by atoms with Gasteiger partial charge in [0.25, 0.3) is 5.91 Å². The number of amides is 1. The standard InChI is InChI=1S/C22H20F4N4O3/c1-32-15-8-16(23)19(17(24)9-15)30-10-18(12-6-13(27)7-12)28-22(30)29-20(31)11-2-4-14(5-3-11)33-21(25)26/h2-5,8-10,12-13,21H,6-7,27H2,1H3,(H,28,29,31). The third-order valence-corrected chi connectivity index (χ3v) is 5.35. The summed E-state index contributed by atoms with van der Waals surface area (Å²) < 4.78 is 64.4. The van der Waals surface area contributed by atoms with Gasteiger partial charge in [-0.2, -0.15) is 8.78 Å². The summed E-state index contributed by atoms with van der Waals surface area (Å²) in [6.45, 7) is -3.00. The number of ether oxygens (including phenoxy) is 2. The molecule has 1 fully saturated rings. The number of anilines is 1. The zero-order chi connectivity index (χ0) is 23.7. The van der Waals surface area contributed by atoms with Gasteiger partial charge in [-0.05, 0) is 37.1 Å². The second kappa shape index (κ2) is 9.10. The first-order valence-corrected chi connectivity index (χ1v) is 9.99. The van der Waals surface area contributed by atoms with Crippen molar-refractivity contribution in [1.82, 2.24) is 9.55 Å². The molecule has 1 aliphatic carbocycles. The zero-order valence-corrected chi connectivity index (χ0v) is 17.4. The van der Waals surface area contributed by atoms with Crippen molar-refractivity contribution in [2.45, 2.75) is 31.4 Å². The third kappa shape index (κ3) is 4.77. The number of rotatable bonds is 7. The fourth-order valence-electron chi connectivity index (χ4n) is 3.61. The number of imidazole rings is 1. The lowest BCUT2D eigenvalue weighted by molar-refractivity contribution is -0.0498. The molecule has 0 saturated heterocycles. The van der Waals surface area contributed by atoms with Gasteiger partial charge in [-0.25, -0.2) is 13.8 Å². The number of alkyl halides is 2. The van der Waals surface area contributed by atoms with Gasteiger partial charge in [0.2, 0.25) is 5.95 Å². The van der Waals surface area contributed by atoms with E-state index in [-0.39, 0.29) is 35.0 Å². The Hall–Kier alpha value is -3.60. The molecule has 1 amide bonds. The summed E-state index contributed by atoms with van der Waals surface area (Å²) in [7, 11) is 1.28. The summed E-state index contributed by atoms with van der Waals surface area (Å²) in [5.41, 5.74) is 6.05. The maximum Gasteiger partial charge on any atom is 0.387 e. The Morgan fingerprint density at radius 3 is 2.33 bits per heavy atom. The molecular weight excluding hydrogens is 444 g/mol. The topological polar surface area (TPSA) is 91.4 Å². The van der Waals surface area contributed by atoms with E-state index < -0.39 is 29.8 Å². The monoisotopic (exact) mass is 464 g/mol. The van der Waals surface area contributed by atoms with Crippen LogP contribution in [0, 0.1) is 11.6 Å². The second-order valence-corrected chi connectivity index (χ2v) is 7.58. The normalized spacial score (nSPS) is 17.5. The van der Waals surface area contributed by atoms with Crippen molar-refractivity contribution < 1.29 is 31.8 Å². The lowest BCUT2D eigenvalue weighted by atomic mass is 9.79. The summed E-state index contributed by atoms with van der Waals surface area (Å²) in [4.78, 5) is 17.1. The van der Waals surface area contributed by atoms with E-state index in [1.807, 2.05) is 0 Å². The number of hydrogen-bond acceptors (Lipinski definition) is 5. The van der Waals surface area contributed by atoms with E-state index in [0.29, 0.717) is 18.5 Å². The fourth-order valence-corrected chi connectivity index (χ4v) is 3.61. The van der Waals surface area contributed by atoms with Crippen LogP contribution in [0.5, 0.6) is 11.5 Å². The molecular formula is C22H20F4N4O3. The minimum Gasteiger partial charge on any atom is -0.497 e. The molecule has 33 heavy (non-hydrogen) atoms. The van der Waals surface area contributed by atoms with Gasteiger partial charge in [0.05, 0.1) is 12.8 Å². The quantitative estimate of drug-likeness (QED) is 0.511. The van der Waals surface area contributed by atoms with E-state index in [0.717, 1.165) is 16.7 Å². The minimum atomic E-state index is -3.00. The van der Waals surface area contributed by atoms with Gasteiger partial charge in [-0.1, -0.05) is 0 Å². The van der Waals surface area contributed by atoms with Gasteiger partial charge in [-0.15, -0.1) is 0 Å². The highest BCUT2D eigenvalue weighted by Crippen LogP contribution is 2.37. The molecule has 1 aliphatic rings. The van der Waals surface area contributed by atoms with Crippen molar-refractivity contribution in [2.75, 3.05) is 12.4 Å². The molecule has 174 valence electrons. The zero-order valence-electron chi connectivity index (χ0n) is 17.4. The number of carbonyl (C=O) groups excluding carboxylic acids is 1. The Morgan fingerprint density at radius 2 is 1.79 bits per heavy atom. The van der Waals surface area contributed by atoms with Crippen molar-refractivity contribution in [3.05, 3.63) is 65.5 Å². The highest BCUT2D eigenvalue weighted by molar-refractivity contribution is 6.03. The van der Waals surface area contributed by atoms with E-state index in [9.17, 15) is 22.4 Å². The molecule has 0 radical (unpaired) electrons. The van der Waals surface area contributed by atoms with E-state index in [1.165, 1.54) is 37.6 Å². The van der Waals surface area contributed by atoms with Crippen molar-refractivity contribution in [3.8, 4) is 17.2 Å². The lowest BCUT2D eigenvalue weighted by Gasteiger charge is -2.30. The van der Waals surface area contributed by atoms with Gasteiger partial charge in [0, 0.05) is 35.9 Å². The molecule has 1 saturated carbocycles. The number of aromatic nitrogens is 2. The first-order chi connectivity index (χ1) is 15.7. The lowest BCUT2D eigenvalue weighted by Crippen LogP contribution is -2.34. The van der Waals surface area contributed by atoms with E-state index in [2.05, 4.69) is 15.0 Å². The Bertz CT molecular complexity index is 1140. The molecule has 3 aromatic rings. The number of nitrogens with one attached hydrogen (secondary N) is 1. The van der Waals surface area contributed by atoms with Crippen LogP contribution in [-0.4, -0.2) is 35.2 Å². The molecule has 3 N–H and O–H groups in total. The molecule has 7 nitrogen and oxygen atoms in total. The number of nitrogens with zero attached hydrogens (tertiary/aromatic N) is 2. The highest BCUT2D eigenvalue weighted by Gasteiger charge is 2.31. The molecule has 11 heteroatoms. The Labute approximate surface area is 186 Å². The van der Waals surface area contributed by atoms with Gasteiger partial charge in [0.15, 0.2) is 11.6 Å². The van der Waals surface area contributed by atoms with Crippen LogP contribution in [0.15, 0.2) is 42.6 Å². The van der Waals surface area contributed by atoms with Crippen molar-refractivity contribution in [2.24, 2.45) is 5.73 Å². The number of carbonyl (C=O) groups is 1. The molecule has 0 atom stereocenters. The molecule has 4 rings (SSSR count). The van der Waals surface area contributed by atoms with Crippen LogP contribution in [0.3, 0.4) is 0 Å². The number of hydrogen-bond donors (Lipinski definition) is 2. The van der Waals surface area contributed by atoms with Gasteiger partial charge >= 0.3 is 6.61 Å². The average molecular weight is 464 g/mol. The van der Waals surface area contributed by atoms with Crippen LogP contribution >= 0.6 is 0 Å². The Balaban J connectivity index is 1.67. The van der Waals surface area contributed by atoms with E-state index in [1.54, 1.807) is 0 Å². The van der Waals surface area contributed by atoms with E-state index in [4.69, 9.17) is 10.5 Å². The Morgan fingerprint density at radius 1 is 1.15 bits per heavy atom. The summed E-state index contributed by atoms with van der Waals surface area (Å²) in [6, 6.07) is 7.02. The Kier molecular flexibility index (Phi) is 6.23. The third-order valence-electron chi connectivity index (χ3n) is 5.35. The predicted molar refractivity (Wildman–Crippen MR) is 111 cm³/mol. The fraction of sp³-hybridized carbons (Fsp3) is 0.273. The number of benzene rings is 2. The molecule has 0 spiro atoms. The van der Waals surface area contributed by atoms with Crippen molar-refractivity contribution >= 4 is 11.9 Å². The largest absolute Gasteiger partial charge is 0.497 e. The molecule has 0 aliphatic heterocycles. The smallest absolute Gasteiger partial charge is 0.387 e. The van der Waals surface area contributed by atoms with Crippen LogP contribution < -0.4 is 20.5 Å². The first kappa shape index (κ1) is 22.6. The number of halogens is 4. The summed E-state index contributed by atoms with van der Waals surface area (Å²) in [5.74, 6) is -2.71. The van der Waals surface area contributed by atoms with Crippen LogP contribution in [-0.2, 0) is 0 Å². The van der Waals surface area contributed by atoms with Crippen LogP contribution in [0.25, 0.3) is 5.69 Å². The summed E-state index contributed by atoms with van der Waals surface area (Å²) >= 11 is 0. The highest BCUT2D eigenvalue weighted by atomic mass is 19.3. The molecule has 0 bridgehead atoms. The first-order valence-electron chi connectivity index (χ1n) is 9.99. The van der Waals surface area contributed by atoms with Crippen molar-refractivity contribution in [1.29, 1.82) is 0 Å². The number of methoxy groups -OCH3 is 1. The van der Waals surface area contributed by atoms with Gasteiger partial charge < -0.3 is 15.2 Å². The van der Waals surface area contributed by atoms with Crippen molar-refractivity contribution in [3.63, 3.8) is 0 Å². The molecule has 1 heterocycles. The number of nitrogens with two attached hydrogens (primary N) is 1. The van der Waals surface area contributed by atoms with Gasteiger partial charge in [0.1, 0.15) is 17.2 Å². The maximum absolute atomic E-state index is 14.8. The maximum atomic E-state index is 14.8. The van der Waals surface area contributed by atoms with E-state index >= 15 is 0 Å². The predicted octanol–water partition coefficient (Wildman–Crippen LogP) is 4.22. The van der Waals surface area contributed by atoms with Crippen LogP contribution in [0.4, 0.5) is 23.5 Å². The summed E-state index contributed by atoms with van der Waals surface area (Å²) in [5, 5.41) is 2.53. The second-order valence-electron chi connectivity index (χ2n) is 7.58. The molecule has 1 aromatic heterocycles.